The highest BCUT2D eigenvalue weighted by Crippen LogP contribution is 2.29. The number of nitrogens with one attached hydrogen (secondary N) is 1. The second-order valence-electron chi connectivity index (χ2n) is 3.73. The molecule has 1 N–H and O–H groups in total. The number of benzene rings is 1. The van der Waals surface area contributed by atoms with E-state index in [4.69, 9.17) is 4.74 Å². The van der Waals surface area contributed by atoms with E-state index in [0.29, 0.717) is 8.95 Å². The largest absolute Gasteiger partial charge is 0.495 e. The molecule has 2 aromatic rings. The number of sulfonamides is 1. The van der Waals surface area contributed by atoms with Gasteiger partial charge in [0.1, 0.15) is 10.6 Å². The van der Waals surface area contributed by atoms with Crippen molar-refractivity contribution < 1.29 is 13.2 Å². The summed E-state index contributed by atoms with van der Waals surface area (Å²) in [6.45, 7) is 0. The zero-order valence-corrected chi connectivity index (χ0v) is 14.3. The summed E-state index contributed by atoms with van der Waals surface area (Å²) in [6, 6.07) is 8.14. The number of hydrogen-bond acceptors (Lipinski definition) is 4. The van der Waals surface area contributed by atoms with Crippen LogP contribution in [0.25, 0.3) is 0 Å². The van der Waals surface area contributed by atoms with Crippen LogP contribution in [0, 0.1) is 0 Å². The van der Waals surface area contributed by atoms with E-state index in [9.17, 15) is 8.42 Å². The van der Waals surface area contributed by atoms with Gasteiger partial charge in [-0.05, 0) is 46.3 Å². The Kier molecular flexibility index (Phi) is 4.66. The molecule has 0 saturated carbocycles. The van der Waals surface area contributed by atoms with Gasteiger partial charge >= 0.3 is 0 Å². The summed E-state index contributed by atoms with van der Waals surface area (Å²) in [5.74, 6) is 0.474. The molecule has 1 heterocycles. The molecule has 0 unspecified atom stereocenters. The molecule has 1 aromatic carbocycles. The fourth-order valence-electron chi connectivity index (χ4n) is 1.50. The molecule has 8 heteroatoms. The van der Waals surface area contributed by atoms with Crippen LogP contribution in [-0.4, -0.2) is 20.5 Å². The Labute approximate surface area is 133 Å². The van der Waals surface area contributed by atoms with Crippen molar-refractivity contribution in [2.75, 3.05) is 11.8 Å². The van der Waals surface area contributed by atoms with E-state index in [1.165, 1.54) is 19.4 Å². The lowest BCUT2D eigenvalue weighted by Gasteiger charge is -2.12. The number of ether oxygens (including phenoxy) is 1. The molecule has 0 bridgehead atoms. The molecule has 5 nitrogen and oxygen atoms in total. The molecule has 106 valence electrons. The van der Waals surface area contributed by atoms with Crippen LogP contribution in [0.4, 0.5) is 5.82 Å². The Morgan fingerprint density at radius 2 is 2.00 bits per heavy atom. The van der Waals surface area contributed by atoms with Crippen LogP contribution in [0.3, 0.4) is 0 Å². The molecule has 0 aliphatic heterocycles. The fraction of sp³-hybridized carbons (Fsp3) is 0.0833. The summed E-state index contributed by atoms with van der Waals surface area (Å²) in [7, 11) is -2.38. The summed E-state index contributed by atoms with van der Waals surface area (Å²) >= 11 is 6.49. The van der Waals surface area contributed by atoms with E-state index in [-0.39, 0.29) is 16.5 Å². The Morgan fingerprint density at radius 1 is 1.25 bits per heavy atom. The van der Waals surface area contributed by atoms with Gasteiger partial charge < -0.3 is 4.74 Å². The molecule has 0 aliphatic carbocycles. The first kappa shape index (κ1) is 15.3. The van der Waals surface area contributed by atoms with Gasteiger partial charge in [0.2, 0.25) is 0 Å². The number of hydrogen-bond donors (Lipinski definition) is 1. The Balaban J connectivity index is 2.46. The summed E-state index contributed by atoms with van der Waals surface area (Å²) in [5, 5.41) is 0. The minimum absolute atomic E-state index is 0.0342. The molecule has 0 amide bonds. The molecule has 20 heavy (non-hydrogen) atoms. The first-order chi connectivity index (χ1) is 9.44. The SMILES string of the molecule is COc1ccc(Br)cc1S(=O)(=O)Nc1ncccc1Br. The molecule has 0 spiro atoms. The van der Waals surface area contributed by atoms with Crippen molar-refractivity contribution in [1.82, 2.24) is 4.98 Å². The topological polar surface area (TPSA) is 68.3 Å². The van der Waals surface area contributed by atoms with Crippen LogP contribution in [0.2, 0.25) is 0 Å². The first-order valence-corrected chi connectivity index (χ1v) is 8.48. The molecular weight excluding hydrogens is 412 g/mol. The molecule has 0 fully saturated rings. The zero-order chi connectivity index (χ0) is 14.8. The summed E-state index contributed by atoms with van der Waals surface area (Å²) in [5.41, 5.74) is 0. The van der Waals surface area contributed by atoms with E-state index in [2.05, 4.69) is 41.6 Å². The smallest absolute Gasteiger partial charge is 0.266 e. The van der Waals surface area contributed by atoms with Gasteiger partial charge in [-0.25, -0.2) is 13.4 Å². The van der Waals surface area contributed by atoms with Crippen molar-refractivity contribution in [2.45, 2.75) is 4.90 Å². The number of aromatic nitrogens is 1. The van der Waals surface area contributed by atoms with Crippen molar-refractivity contribution in [2.24, 2.45) is 0 Å². The van der Waals surface area contributed by atoms with Gasteiger partial charge in [-0.2, -0.15) is 0 Å². The van der Waals surface area contributed by atoms with Crippen molar-refractivity contribution in [1.29, 1.82) is 0 Å². The maximum absolute atomic E-state index is 12.4. The number of rotatable bonds is 4. The maximum Gasteiger partial charge on any atom is 0.266 e. The van der Waals surface area contributed by atoms with Crippen LogP contribution in [0.1, 0.15) is 0 Å². The van der Waals surface area contributed by atoms with Crippen molar-refractivity contribution in [3.8, 4) is 5.75 Å². The van der Waals surface area contributed by atoms with Gasteiger partial charge in [0, 0.05) is 10.7 Å². The Bertz CT molecular complexity index is 735. The van der Waals surface area contributed by atoms with Crippen LogP contribution in [0.15, 0.2) is 50.4 Å². The van der Waals surface area contributed by atoms with Gasteiger partial charge in [-0.1, -0.05) is 15.9 Å². The Hall–Kier alpha value is -1.12. The van der Waals surface area contributed by atoms with Gasteiger partial charge in [0.25, 0.3) is 10.0 Å². The highest BCUT2D eigenvalue weighted by atomic mass is 79.9. The van der Waals surface area contributed by atoms with Gasteiger partial charge in [-0.15, -0.1) is 0 Å². The summed E-state index contributed by atoms with van der Waals surface area (Å²) in [4.78, 5) is 4.01. The van der Waals surface area contributed by atoms with Crippen molar-refractivity contribution in [3.63, 3.8) is 0 Å². The minimum Gasteiger partial charge on any atom is -0.495 e. The van der Waals surface area contributed by atoms with Crippen LogP contribution < -0.4 is 9.46 Å². The number of nitrogens with zero attached hydrogens (tertiary/aromatic N) is 1. The molecular formula is C12H10Br2N2O3S. The summed E-state index contributed by atoms with van der Waals surface area (Å²) < 4.78 is 33.5. The third-order valence-electron chi connectivity index (χ3n) is 2.40. The second-order valence-corrected chi connectivity index (χ2v) is 7.16. The molecule has 2 rings (SSSR count). The predicted octanol–water partition coefficient (Wildman–Crippen LogP) is 3.42. The predicted molar refractivity (Wildman–Crippen MR) is 83.4 cm³/mol. The highest BCUT2D eigenvalue weighted by Gasteiger charge is 2.21. The molecule has 0 atom stereocenters. The normalized spacial score (nSPS) is 11.2. The average Bonchev–Trinajstić information content (AvgIpc) is 2.41. The fourth-order valence-corrected chi connectivity index (χ4v) is 3.73. The number of anilines is 1. The number of methoxy groups -OCH3 is 1. The van der Waals surface area contributed by atoms with E-state index >= 15 is 0 Å². The standard InChI is InChI=1S/C12H10Br2N2O3S/c1-19-10-5-4-8(13)7-11(10)20(17,18)16-12-9(14)3-2-6-15-12/h2-7H,1H3,(H,15,16). The first-order valence-electron chi connectivity index (χ1n) is 5.41. The number of pyridine rings is 1. The van der Waals surface area contributed by atoms with Crippen molar-refractivity contribution in [3.05, 3.63) is 45.5 Å². The van der Waals surface area contributed by atoms with E-state index in [1.807, 2.05) is 0 Å². The highest BCUT2D eigenvalue weighted by molar-refractivity contribution is 9.10. The third kappa shape index (κ3) is 3.31. The number of halogens is 2. The van der Waals surface area contributed by atoms with Crippen LogP contribution in [0.5, 0.6) is 5.75 Å². The van der Waals surface area contributed by atoms with Gasteiger partial charge in [0.15, 0.2) is 5.82 Å². The van der Waals surface area contributed by atoms with Gasteiger partial charge in [0.05, 0.1) is 11.6 Å². The van der Waals surface area contributed by atoms with E-state index in [1.54, 1.807) is 24.3 Å². The quantitative estimate of drug-likeness (QED) is 0.821. The summed E-state index contributed by atoms with van der Waals surface area (Å²) in [6.07, 6.45) is 1.50. The molecule has 1 aromatic heterocycles. The lowest BCUT2D eigenvalue weighted by Crippen LogP contribution is -2.15. The minimum atomic E-state index is -3.80. The van der Waals surface area contributed by atoms with Crippen LogP contribution >= 0.6 is 31.9 Å². The van der Waals surface area contributed by atoms with Crippen molar-refractivity contribution >= 4 is 47.7 Å². The van der Waals surface area contributed by atoms with E-state index in [0.717, 1.165) is 0 Å². The molecule has 0 radical (unpaired) electrons. The molecule has 0 saturated heterocycles. The zero-order valence-electron chi connectivity index (χ0n) is 10.3. The lowest BCUT2D eigenvalue weighted by atomic mass is 10.3. The maximum atomic E-state index is 12.4. The van der Waals surface area contributed by atoms with E-state index < -0.39 is 10.0 Å². The Morgan fingerprint density at radius 3 is 2.65 bits per heavy atom. The van der Waals surface area contributed by atoms with Crippen LogP contribution in [-0.2, 0) is 10.0 Å². The monoisotopic (exact) mass is 420 g/mol. The average molecular weight is 422 g/mol. The lowest BCUT2D eigenvalue weighted by molar-refractivity contribution is 0.403. The third-order valence-corrected chi connectivity index (χ3v) is 4.90. The molecule has 0 aliphatic rings. The van der Waals surface area contributed by atoms with Gasteiger partial charge in [-0.3, -0.25) is 4.72 Å². The second kappa shape index (κ2) is 6.11.